The zero-order valence-electron chi connectivity index (χ0n) is 9.29. The van der Waals surface area contributed by atoms with Crippen LogP contribution in [0, 0.1) is 5.41 Å². The fourth-order valence-corrected chi connectivity index (χ4v) is 2.48. The van der Waals surface area contributed by atoms with Gasteiger partial charge in [-0.25, -0.2) is 0 Å². The number of benzene rings is 1. The minimum Gasteiger partial charge on any atom is -0.494 e. The highest BCUT2D eigenvalue weighted by atomic mass is 79.9. The van der Waals surface area contributed by atoms with Crippen LogP contribution < -0.4 is 4.74 Å². The molecule has 1 aromatic carbocycles. The summed E-state index contributed by atoms with van der Waals surface area (Å²) in [5, 5.41) is 9.31. The average molecular weight is 285 g/mol. The molecule has 0 aromatic heterocycles. The lowest BCUT2D eigenvalue weighted by Crippen LogP contribution is -2.34. The quantitative estimate of drug-likeness (QED) is 0.898. The van der Waals surface area contributed by atoms with Gasteiger partial charge in [0.05, 0.1) is 6.61 Å². The summed E-state index contributed by atoms with van der Waals surface area (Å²) < 4.78 is 6.71. The molecule has 2 rings (SSSR count). The summed E-state index contributed by atoms with van der Waals surface area (Å²) in [7, 11) is 0. The minimum atomic E-state index is 0.159. The molecule has 0 amide bonds. The molecule has 0 unspecified atom stereocenters. The first-order valence-electron chi connectivity index (χ1n) is 5.73. The highest BCUT2D eigenvalue weighted by Crippen LogP contribution is 2.43. The molecule has 0 bridgehead atoms. The van der Waals surface area contributed by atoms with Crippen LogP contribution in [0.2, 0.25) is 0 Å². The molecule has 16 heavy (non-hydrogen) atoms. The maximum atomic E-state index is 9.31. The van der Waals surface area contributed by atoms with Crippen molar-refractivity contribution in [1.82, 2.24) is 0 Å². The lowest BCUT2D eigenvalue weighted by molar-refractivity contribution is 0.0235. The van der Waals surface area contributed by atoms with E-state index in [4.69, 9.17) is 4.74 Å². The van der Waals surface area contributed by atoms with Crippen LogP contribution in [0.5, 0.6) is 5.75 Å². The van der Waals surface area contributed by atoms with Crippen molar-refractivity contribution in [2.24, 2.45) is 5.41 Å². The molecule has 0 heterocycles. The van der Waals surface area contributed by atoms with Gasteiger partial charge in [-0.05, 0) is 42.9 Å². The van der Waals surface area contributed by atoms with Crippen molar-refractivity contribution in [3.8, 4) is 5.75 Å². The number of aliphatic hydroxyl groups is 1. The SMILES string of the molecule is OCC1(CCOc2cccc(Br)c2)CCC1. The number of halogens is 1. The van der Waals surface area contributed by atoms with Gasteiger partial charge < -0.3 is 9.84 Å². The van der Waals surface area contributed by atoms with Crippen LogP contribution in [-0.2, 0) is 0 Å². The van der Waals surface area contributed by atoms with Crippen LogP contribution in [-0.4, -0.2) is 18.3 Å². The summed E-state index contributed by atoms with van der Waals surface area (Å²) in [5.41, 5.74) is 0.159. The van der Waals surface area contributed by atoms with Gasteiger partial charge in [0, 0.05) is 11.1 Å². The molecule has 3 heteroatoms. The Kier molecular flexibility index (Phi) is 3.87. The van der Waals surface area contributed by atoms with E-state index in [1.807, 2.05) is 24.3 Å². The Balaban J connectivity index is 1.79. The first-order valence-corrected chi connectivity index (χ1v) is 6.53. The lowest BCUT2D eigenvalue weighted by atomic mass is 9.67. The van der Waals surface area contributed by atoms with E-state index < -0.39 is 0 Å². The molecule has 88 valence electrons. The second-order valence-corrected chi connectivity index (χ2v) is 5.48. The van der Waals surface area contributed by atoms with E-state index in [9.17, 15) is 5.11 Å². The van der Waals surface area contributed by atoms with Crippen LogP contribution in [0.15, 0.2) is 28.7 Å². The predicted octanol–water partition coefficient (Wildman–Crippen LogP) is 3.38. The fraction of sp³-hybridized carbons (Fsp3) is 0.538. The minimum absolute atomic E-state index is 0.159. The van der Waals surface area contributed by atoms with Crippen molar-refractivity contribution in [2.75, 3.05) is 13.2 Å². The van der Waals surface area contributed by atoms with Gasteiger partial charge >= 0.3 is 0 Å². The van der Waals surface area contributed by atoms with Gasteiger partial charge in [-0.3, -0.25) is 0 Å². The third-order valence-corrected chi connectivity index (χ3v) is 3.94. The summed E-state index contributed by atoms with van der Waals surface area (Å²) in [4.78, 5) is 0. The molecule has 0 aliphatic heterocycles. The van der Waals surface area contributed by atoms with E-state index in [0.29, 0.717) is 13.2 Å². The van der Waals surface area contributed by atoms with Gasteiger partial charge in [0.25, 0.3) is 0 Å². The number of rotatable bonds is 5. The van der Waals surface area contributed by atoms with E-state index >= 15 is 0 Å². The predicted molar refractivity (Wildman–Crippen MR) is 67.6 cm³/mol. The first-order chi connectivity index (χ1) is 7.74. The molecule has 0 spiro atoms. The van der Waals surface area contributed by atoms with Gasteiger partial charge in [0.1, 0.15) is 5.75 Å². The average Bonchev–Trinajstić information content (AvgIpc) is 2.22. The summed E-state index contributed by atoms with van der Waals surface area (Å²) in [6.07, 6.45) is 4.49. The Morgan fingerprint density at radius 2 is 2.19 bits per heavy atom. The van der Waals surface area contributed by atoms with Crippen LogP contribution in [0.3, 0.4) is 0 Å². The van der Waals surface area contributed by atoms with Gasteiger partial charge in [-0.2, -0.15) is 0 Å². The smallest absolute Gasteiger partial charge is 0.120 e. The van der Waals surface area contributed by atoms with Crippen molar-refractivity contribution >= 4 is 15.9 Å². The molecule has 0 saturated heterocycles. The van der Waals surface area contributed by atoms with Crippen molar-refractivity contribution in [3.63, 3.8) is 0 Å². The molecular weight excluding hydrogens is 268 g/mol. The molecule has 1 aromatic rings. The summed E-state index contributed by atoms with van der Waals surface area (Å²) in [5.74, 6) is 0.891. The summed E-state index contributed by atoms with van der Waals surface area (Å²) in [6.45, 7) is 0.992. The van der Waals surface area contributed by atoms with Gasteiger partial charge in [-0.15, -0.1) is 0 Å². The Bertz CT molecular complexity index is 342. The number of aliphatic hydroxyl groups excluding tert-OH is 1. The standard InChI is InChI=1S/C13H17BrO2/c14-11-3-1-4-12(9-11)16-8-7-13(10-15)5-2-6-13/h1,3-4,9,15H,2,5-8,10H2. The molecule has 1 saturated carbocycles. The highest BCUT2D eigenvalue weighted by Gasteiger charge is 2.35. The van der Waals surface area contributed by atoms with Gasteiger partial charge in [0.2, 0.25) is 0 Å². The van der Waals surface area contributed by atoms with Gasteiger partial charge in [-0.1, -0.05) is 28.4 Å². The normalized spacial score (nSPS) is 17.9. The molecule has 1 aliphatic carbocycles. The van der Waals surface area contributed by atoms with E-state index in [1.165, 1.54) is 6.42 Å². The Morgan fingerprint density at radius 3 is 2.75 bits per heavy atom. The van der Waals surface area contributed by atoms with Crippen LogP contribution in [0.25, 0.3) is 0 Å². The van der Waals surface area contributed by atoms with Crippen LogP contribution >= 0.6 is 15.9 Å². The molecule has 1 aliphatic rings. The zero-order valence-corrected chi connectivity index (χ0v) is 10.9. The fourth-order valence-electron chi connectivity index (χ4n) is 2.11. The molecule has 2 nitrogen and oxygen atoms in total. The second-order valence-electron chi connectivity index (χ2n) is 4.57. The third kappa shape index (κ3) is 2.77. The maximum absolute atomic E-state index is 9.31. The lowest BCUT2D eigenvalue weighted by Gasteiger charge is -2.40. The Morgan fingerprint density at radius 1 is 1.38 bits per heavy atom. The highest BCUT2D eigenvalue weighted by molar-refractivity contribution is 9.10. The number of hydrogen-bond donors (Lipinski definition) is 1. The van der Waals surface area contributed by atoms with Crippen molar-refractivity contribution in [1.29, 1.82) is 0 Å². The van der Waals surface area contributed by atoms with E-state index in [-0.39, 0.29) is 5.41 Å². The zero-order chi connectivity index (χ0) is 11.4. The topological polar surface area (TPSA) is 29.5 Å². The molecule has 1 fully saturated rings. The maximum Gasteiger partial charge on any atom is 0.120 e. The van der Waals surface area contributed by atoms with Gasteiger partial charge in [0.15, 0.2) is 0 Å². The second kappa shape index (κ2) is 5.19. The summed E-state index contributed by atoms with van der Waals surface area (Å²) >= 11 is 3.41. The number of ether oxygens (including phenoxy) is 1. The third-order valence-electron chi connectivity index (χ3n) is 3.45. The van der Waals surface area contributed by atoms with E-state index in [0.717, 1.165) is 29.5 Å². The van der Waals surface area contributed by atoms with Crippen molar-refractivity contribution < 1.29 is 9.84 Å². The van der Waals surface area contributed by atoms with E-state index in [2.05, 4.69) is 15.9 Å². The molecule has 0 radical (unpaired) electrons. The Hall–Kier alpha value is -0.540. The molecule has 0 atom stereocenters. The van der Waals surface area contributed by atoms with Crippen molar-refractivity contribution in [3.05, 3.63) is 28.7 Å². The molecular formula is C13H17BrO2. The number of hydrogen-bond acceptors (Lipinski definition) is 2. The van der Waals surface area contributed by atoms with Crippen LogP contribution in [0.1, 0.15) is 25.7 Å². The monoisotopic (exact) mass is 284 g/mol. The summed E-state index contributed by atoms with van der Waals surface area (Å²) in [6, 6.07) is 7.86. The Labute approximate surface area is 105 Å². The molecule has 1 N–H and O–H groups in total. The van der Waals surface area contributed by atoms with Crippen LogP contribution in [0.4, 0.5) is 0 Å². The van der Waals surface area contributed by atoms with E-state index in [1.54, 1.807) is 0 Å². The van der Waals surface area contributed by atoms with Crippen molar-refractivity contribution in [2.45, 2.75) is 25.7 Å². The first kappa shape index (κ1) is 11.9. The largest absolute Gasteiger partial charge is 0.494 e.